The molecule has 0 heterocycles. The van der Waals surface area contributed by atoms with E-state index in [1.807, 2.05) is 6.92 Å². The van der Waals surface area contributed by atoms with Gasteiger partial charge in [0.05, 0.1) is 9.37 Å². The van der Waals surface area contributed by atoms with Crippen molar-refractivity contribution in [3.05, 3.63) is 28.5 Å². The van der Waals surface area contributed by atoms with E-state index < -0.39 is 15.8 Å². The molecule has 0 aromatic heterocycles. The first-order chi connectivity index (χ1) is 8.47. The number of nitrogens with one attached hydrogen (secondary N) is 2. The Kier molecular flexibility index (Phi) is 6.20. The van der Waals surface area contributed by atoms with Crippen molar-refractivity contribution >= 4 is 26.0 Å². The maximum Gasteiger partial charge on any atom is 0.240 e. The van der Waals surface area contributed by atoms with E-state index in [-0.39, 0.29) is 9.37 Å². The maximum atomic E-state index is 13.2. The van der Waals surface area contributed by atoms with Gasteiger partial charge in [-0.1, -0.05) is 6.92 Å². The molecule has 0 aliphatic rings. The zero-order valence-corrected chi connectivity index (χ0v) is 12.4. The van der Waals surface area contributed by atoms with Crippen LogP contribution in [0.25, 0.3) is 0 Å². The molecule has 7 heteroatoms. The minimum atomic E-state index is -3.63. The molecule has 0 saturated carbocycles. The van der Waals surface area contributed by atoms with Crippen molar-refractivity contribution < 1.29 is 12.8 Å². The van der Waals surface area contributed by atoms with Gasteiger partial charge in [0.25, 0.3) is 0 Å². The molecule has 18 heavy (non-hydrogen) atoms. The summed E-state index contributed by atoms with van der Waals surface area (Å²) < 4.78 is 39.6. The third-order valence-corrected chi connectivity index (χ3v) is 4.38. The predicted molar refractivity (Wildman–Crippen MR) is 72.4 cm³/mol. The molecule has 0 atom stereocenters. The highest BCUT2D eigenvalue weighted by Gasteiger charge is 2.14. The highest BCUT2D eigenvalue weighted by Crippen LogP contribution is 2.19. The Morgan fingerprint density at radius 1 is 1.33 bits per heavy atom. The van der Waals surface area contributed by atoms with Crippen LogP contribution < -0.4 is 10.0 Å². The van der Waals surface area contributed by atoms with Crippen molar-refractivity contribution in [2.75, 3.05) is 19.6 Å². The summed E-state index contributed by atoms with van der Waals surface area (Å²) in [6.45, 7) is 3.90. The van der Waals surface area contributed by atoms with Crippen LogP contribution in [0.2, 0.25) is 0 Å². The van der Waals surface area contributed by atoms with Gasteiger partial charge >= 0.3 is 0 Å². The van der Waals surface area contributed by atoms with Gasteiger partial charge in [0, 0.05) is 6.54 Å². The minimum absolute atomic E-state index is 0.0633. The monoisotopic (exact) mass is 338 g/mol. The molecule has 0 aliphatic heterocycles. The van der Waals surface area contributed by atoms with Crippen molar-refractivity contribution in [1.29, 1.82) is 0 Å². The van der Waals surface area contributed by atoms with E-state index in [4.69, 9.17) is 0 Å². The summed E-state index contributed by atoms with van der Waals surface area (Å²) in [6, 6.07) is 3.74. The fourth-order valence-corrected chi connectivity index (χ4v) is 2.66. The molecule has 0 radical (unpaired) electrons. The van der Waals surface area contributed by atoms with Crippen molar-refractivity contribution in [3.8, 4) is 0 Å². The molecule has 102 valence electrons. The second-order valence-corrected chi connectivity index (χ2v) is 6.30. The van der Waals surface area contributed by atoms with E-state index in [1.54, 1.807) is 0 Å². The average Bonchev–Trinajstić information content (AvgIpc) is 2.32. The van der Waals surface area contributed by atoms with Gasteiger partial charge in [-0.15, -0.1) is 0 Å². The molecular formula is C11H16BrFN2O2S. The Morgan fingerprint density at radius 3 is 2.67 bits per heavy atom. The van der Waals surface area contributed by atoms with E-state index >= 15 is 0 Å². The average molecular weight is 339 g/mol. The zero-order valence-electron chi connectivity index (χ0n) is 10.0. The SMILES string of the molecule is CCNCCCNS(=O)(=O)c1ccc(Br)c(F)c1. The minimum Gasteiger partial charge on any atom is -0.317 e. The van der Waals surface area contributed by atoms with Crippen molar-refractivity contribution in [2.24, 2.45) is 0 Å². The summed E-state index contributed by atoms with van der Waals surface area (Å²) in [5.41, 5.74) is 0. The van der Waals surface area contributed by atoms with Crippen LogP contribution in [0.4, 0.5) is 4.39 Å². The van der Waals surface area contributed by atoms with Crippen LogP contribution in [0, 0.1) is 5.82 Å². The molecule has 0 saturated heterocycles. The zero-order chi connectivity index (χ0) is 13.6. The lowest BCUT2D eigenvalue weighted by atomic mass is 10.3. The summed E-state index contributed by atoms with van der Waals surface area (Å²) in [5.74, 6) is -0.592. The molecule has 1 rings (SSSR count). The van der Waals surface area contributed by atoms with Gasteiger partial charge in [-0.2, -0.15) is 0 Å². The number of hydrogen-bond acceptors (Lipinski definition) is 3. The van der Waals surface area contributed by atoms with Crippen LogP contribution >= 0.6 is 15.9 Å². The molecule has 0 unspecified atom stereocenters. The van der Waals surface area contributed by atoms with Gasteiger partial charge < -0.3 is 5.32 Å². The quantitative estimate of drug-likeness (QED) is 0.746. The summed E-state index contributed by atoms with van der Waals surface area (Å²) in [7, 11) is -3.63. The first-order valence-corrected chi connectivity index (χ1v) is 7.90. The van der Waals surface area contributed by atoms with Gasteiger partial charge in [0.2, 0.25) is 10.0 Å². The van der Waals surface area contributed by atoms with Gasteiger partial charge in [-0.05, 0) is 53.6 Å². The topological polar surface area (TPSA) is 58.2 Å². The Balaban J connectivity index is 2.60. The molecule has 0 aliphatic carbocycles. The summed E-state index contributed by atoms with van der Waals surface area (Å²) >= 11 is 2.98. The number of hydrogen-bond donors (Lipinski definition) is 2. The second kappa shape index (κ2) is 7.18. The summed E-state index contributed by atoms with van der Waals surface area (Å²) in [4.78, 5) is -0.0633. The summed E-state index contributed by atoms with van der Waals surface area (Å²) in [5, 5.41) is 3.09. The number of halogens is 2. The van der Waals surface area contributed by atoms with Gasteiger partial charge in [0.1, 0.15) is 5.82 Å². The molecule has 1 aromatic carbocycles. The van der Waals surface area contributed by atoms with Crippen molar-refractivity contribution in [1.82, 2.24) is 10.0 Å². The second-order valence-electron chi connectivity index (χ2n) is 3.68. The van der Waals surface area contributed by atoms with Crippen LogP contribution in [0.1, 0.15) is 13.3 Å². The third-order valence-electron chi connectivity index (χ3n) is 2.27. The molecule has 0 amide bonds. The fraction of sp³-hybridized carbons (Fsp3) is 0.455. The van der Waals surface area contributed by atoms with Gasteiger partial charge in [-0.25, -0.2) is 17.5 Å². The van der Waals surface area contributed by atoms with Crippen molar-refractivity contribution in [2.45, 2.75) is 18.2 Å². The molecule has 2 N–H and O–H groups in total. The summed E-state index contributed by atoms with van der Waals surface area (Å²) in [6.07, 6.45) is 0.687. The number of rotatable bonds is 7. The normalized spacial score (nSPS) is 11.7. The smallest absolute Gasteiger partial charge is 0.240 e. The predicted octanol–water partition coefficient (Wildman–Crippen LogP) is 1.87. The van der Waals surface area contributed by atoms with Gasteiger partial charge in [-0.3, -0.25) is 0 Å². The molecule has 4 nitrogen and oxygen atoms in total. The molecule has 0 bridgehead atoms. The van der Waals surface area contributed by atoms with E-state index in [0.717, 1.165) is 19.2 Å². The molecule has 1 aromatic rings. The van der Waals surface area contributed by atoms with Gasteiger partial charge in [0.15, 0.2) is 0 Å². The maximum absolute atomic E-state index is 13.2. The van der Waals surface area contributed by atoms with Crippen LogP contribution in [0.15, 0.2) is 27.6 Å². The molecule has 0 fully saturated rings. The van der Waals surface area contributed by atoms with E-state index in [9.17, 15) is 12.8 Å². The van der Waals surface area contributed by atoms with E-state index in [0.29, 0.717) is 13.0 Å². The first-order valence-electron chi connectivity index (χ1n) is 5.63. The van der Waals surface area contributed by atoms with Crippen LogP contribution in [0.5, 0.6) is 0 Å². The molecule has 0 spiro atoms. The Bertz CT molecular complexity index is 494. The van der Waals surface area contributed by atoms with Crippen LogP contribution in [-0.2, 0) is 10.0 Å². The fourth-order valence-electron chi connectivity index (χ4n) is 1.32. The number of benzene rings is 1. The lowest BCUT2D eigenvalue weighted by Crippen LogP contribution is -2.27. The van der Waals surface area contributed by atoms with Crippen LogP contribution in [0.3, 0.4) is 0 Å². The highest BCUT2D eigenvalue weighted by atomic mass is 79.9. The highest BCUT2D eigenvalue weighted by molar-refractivity contribution is 9.10. The Labute approximate surface area is 115 Å². The third kappa shape index (κ3) is 4.64. The molecular weight excluding hydrogens is 323 g/mol. The van der Waals surface area contributed by atoms with Crippen LogP contribution in [-0.4, -0.2) is 28.1 Å². The van der Waals surface area contributed by atoms with Crippen molar-refractivity contribution in [3.63, 3.8) is 0 Å². The standard InChI is InChI=1S/C11H16BrFN2O2S/c1-2-14-6-3-7-15-18(16,17)9-4-5-10(12)11(13)8-9/h4-5,8,14-15H,2-3,6-7H2,1H3. The largest absolute Gasteiger partial charge is 0.317 e. The first kappa shape index (κ1) is 15.6. The van der Waals surface area contributed by atoms with E-state index in [2.05, 4.69) is 26.0 Å². The van der Waals surface area contributed by atoms with E-state index in [1.165, 1.54) is 12.1 Å². The lowest BCUT2D eigenvalue weighted by molar-refractivity contribution is 0.571. The Morgan fingerprint density at radius 2 is 2.06 bits per heavy atom. The Hall–Kier alpha value is -0.500. The lowest BCUT2D eigenvalue weighted by Gasteiger charge is -2.07. The number of sulfonamides is 1.